The number of hydrogen-bond acceptors (Lipinski definition) is 6. The van der Waals surface area contributed by atoms with Gasteiger partial charge in [0.2, 0.25) is 5.95 Å². The van der Waals surface area contributed by atoms with Crippen LogP contribution >= 0.6 is 0 Å². The zero-order chi connectivity index (χ0) is 21.5. The van der Waals surface area contributed by atoms with Crippen LogP contribution in [-0.2, 0) is 4.79 Å². The van der Waals surface area contributed by atoms with Crippen molar-refractivity contribution in [1.29, 1.82) is 0 Å². The molecule has 0 spiro atoms. The molecule has 0 saturated heterocycles. The summed E-state index contributed by atoms with van der Waals surface area (Å²) >= 11 is 0. The highest BCUT2D eigenvalue weighted by atomic mass is 16.5. The molecular weight excluding hydrogens is 392 g/mol. The van der Waals surface area contributed by atoms with Crippen molar-refractivity contribution in [2.45, 2.75) is 25.3 Å². The number of ether oxygens (including phenoxy) is 2. The van der Waals surface area contributed by atoms with Crippen LogP contribution in [0.2, 0.25) is 0 Å². The highest BCUT2D eigenvalue weighted by Gasteiger charge is 2.43. The van der Waals surface area contributed by atoms with Gasteiger partial charge in [0.15, 0.2) is 11.5 Å². The summed E-state index contributed by atoms with van der Waals surface area (Å²) in [4.78, 5) is 17.9. The van der Waals surface area contributed by atoms with E-state index in [-0.39, 0.29) is 23.7 Å². The van der Waals surface area contributed by atoms with Gasteiger partial charge in [-0.25, -0.2) is 4.68 Å². The maximum atomic E-state index is 13.5. The molecule has 7 nitrogen and oxygen atoms in total. The third kappa shape index (κ3) is 3.17. The first kappa shape index (κ1) is 19.4. The summed E-state index contributed by atoms with van der Waals surface area (Å²) < 4.78 is 12.7. The Balaban J connectivity index is 1.62. The quantitative estimate of drug-likeness (QED) is 0.696. The summed E-state index contributed by atoms with van der Waals surface area (Å²) in [5, 5.41) is 7.77. The zero-order valence-corrected chi connectivity index (χ0v) is 17.7. The molecule has 0 fully saturated rings. The fourth-order valence-corrected chi connectivity index (χ4v) is 4.75. The summed E-state index contributed by atoms with van der Waals surface area (Å²) in [5.41, 5.74) is 4.17. The van der Waals surface area contributed by atoms with Crippen LogP contribution in [0, 0.1) is 12.8 Å². The Morgan fingerprint density at radius 3 is 2.68 bits per heavy atom. The number of methoxy groups -OCH3 is 2. The van der Waals surface area contributed by atoms with Crippen molar-refractivity contribution in [3.63, 3.8) is 0 Å². The number of anilines is 1. The predicted molar refractivity (Wildman–Crippen MR) is 116 cm³/mol. The Morgan fingerprint density at radius 2 is 1.90 bits per heavy atom. The summed E-state index contributed by atoms with van der Waals surface area (Å²) in [7, 11) is 3.21. The molecule has 0 saturated carbocycles. The fraction of sp³-hybridized carbons (Fsp3) is 0.292. The first-order valence-electron chi connectivity index (χ1n) is 10.3. The summed E-state index contributed by atoms with van der Waals surface area (Å²) in [6.45, 7) is 2.09. The van der Waals surface area contributed by atoms with Gasteiger partial charge < -0.3 is 14.8 Å². The standard InChI is InChI=1S/C24H24N4O3/c1-14-6-4-5-7-17(14)16-10-18-22(19(29)11-16)23(28-24(27-18)25-13-26-28)15-8-9-20(30-2)21(12-15)31-3/h4-10,12-13,16,22-23H,11H2,1-3H3,(H,25,26,27)/t16-,22-,23-/m0/s1. The SMILES string of the molecule is COc1ccc([C@H]2[C@@H]3C(=O)C[C@@H](c4ccccc4C)C=C3Nc3ncnn32)cc1OC. The lowest BCUT2D eigenvalue weighted by atomic mass is 9.75. The largest absolute Gasteiger partial charge is 0.493 e. The van der Waals surface area contributed by atoms with Crippen molar-refractivity contribution < 1.29 is 14.3 Å². The van der Waals surface area contributed by atoms with Crippen molar-refractivity contribution in [3.05, 3.63) is 77.3 Å². The van der Waals surface area contributed by atoms with Crippen molar-refractivity contribution in [2.24, 2.45) is 5.92 Å². The minimum atomic E-state index is -0.368. The molecule has 0 radical (unpaired) electrons. The summed E-state index contributed by atoms with van der Waals surface area (Å²) in [6.07, 6.45) is 4.14. The maximum absolute atomic E-state index is 13.5. The van der Waals surface area contributed by atoms with Gasteiger partial charge in [0, 0.05) is 18.0 Å². The molecule has 3 atom stereocenters. The Labute approximate surface area is 180 Å². The van der Waals surface area contributed by atoms with Gasteiger partial charge in [0.25, 0.3) is 0 Å². The van der Waals surface area contributed by atoms with Crippen LogP contribution in [0.4, 0.5) is 5.95 Å². The second-order valence-electron chi connectivity index (χ2n) is 7.95. The first-order valence-corrected chi connectivity index (χ1v) is 10.3. The van der Waals surface area contributed by atoms with Crippen molar-refractivity contribution in [2.75, 3.05) is 19.5 Å². The molecule has 2 aromatic carbocycles. The van der Waals surface area contributed by atoms with Crippen LogP contribution < -0.4 is 14.8 Å². The Morgan fingerprint density at radius 1 is 1.10 bits per heavy atom. The highest BCUT2D eigenvalue weighted by molar-refractivity contribution is 5.88. The van der Waals surface area contributed by atoms with Gasteiger partial charge >= 0.3 is 0 Å². The molecule has 2 heterocycles. The third-order valence-corrected chi connectivity index (χ3v) is 6.23. The van der Waals surface area contributed by atoms with Gasteiger partial charge in [-0.05, 0) is 35.7 Å². The van der Waals surface area contributed by atoms with E-state index in [1.54, 1.807) is 18.9 Å². The maximum Gasteiger partial charge on any atom is 0.226 e. The third-order valence-electron chi connectivity index (χ3n) is 6.23. The van der Waals surface area contributed by atoms with E-state index < -0.39 is 0 Å². The monoisotopic (exact) mass is 416 g/mol. The number of Topliss-reactive ketones (excluding diaryl/α,β-unsaturated/α-hetero) is 1. The highest BCUT2D eigenvalue weighted by Crippen LogP contribution is 2.45. The van der Waals surface area contributed by atoms with Crippen molar-refractivity contribution >= 4 is 11.7 Å². The van der Waals surface area contributed by atoms with Gasteiger partial charge in [-0.3, -0.25) is 4.79 Å². The van der Waals surface area contributed by atoms with Crippen LogP contribution in [0.3, 0.4) is 0 Å². The summed E-state index contributed by atoms with van der Waals surface area (Å²) in [6, 6.07) is 13.7. The van der Waals surface area contributed by atoms with E-state index in [2.05, 4.69) is 40.5 Å². The van der Waals surface area contributed by atoms with Crippen LogP contribution in [0.15, 0.2) is 60.6 Å². The van der Waals surface area contributed by atoms with Crippen molar-refractivity contribution in [3.8, 4) is 11.5 Å². The van der Waals surface area contributed by atoms with Crippen LogP contribution in [0.25, 0.3) is 0 Å². The molecule has 1 N–H and O–H groups in total. The van der Waals surface area contributed by atoms with Crippen molar-refractivity contribution in [1.82, 2.24) is 14.8 Å². The number of aromatic nitrogens is 3. The lowest BCUT2D eigenvalue weighted by molar-refractivity contribution is -0.123. The zero-order valence-electron chi connectivity index (χ0n) is 17.7. The lowest BCUT2D eigenvalue weighted by Gasteiger charge is -2.38. The minimum absolute atomic E-state index is 0.0352. The van der Waals surface area contributed by atoms with Gasteiger partial charge in [-0.2, -0.15) is 10.1 Å². The lowest BCUT2D eigenvalue weighted by Crippen LogP contribution is -2.40. The molecule has 1 aromatic heterocycles. The Kier molecular flexibility index (Phi) is 4.73. The second kappa shape index (κ2) is 7.58. The van der Waals surface area contributed by atoms with Crippen LogP contribution in [-0.4, -0.2) is 34.8 Å². The molecule has 0 bridgehead atoms. The number of aryl methyl sites for hydroxylation is 1. The topological polar surface area (TPSA) is 78.3 Å². The number of hydrogen-bond donors (Lipinski definition) is 1. The number of rotatable bonds is 4. The van der Waals surface area contributed by atoms with E-state index in [1.807, 2.05) is 30.3 Å². The van der Waals surface area contributed by atoms with E-state index in [0.717, 1.165) is 11.3 Å². The average molecular weight is 416 g/mol. The number of ketones is 1. The normalized spacial score (nSPS) is 22.1. The Bertz CT molecular complexity index is 1180. The van der Waals surface area contributed by atoms with Gasteiger partial charge in [-0.15, -0.1) is 0 Å². The molecule has 1 aliphatic heterocycles. The number of nitrogens with one attached hydrogen (secondary N) is 1. The smallest absolute Gasteiger partial charge is 0.226 e. The van der Waals surface area contributed by atoms with Crippen LogP contribution in [0.5, 0.6) is 11.5 Å². The van der Waals surface area contributed by atoms with E-state index >= 15 is 0 Å². The number of fused-ring (bicyclic) bond motifs is 2. The number of allylic oxidation sites excluding steroid dienone is 2. The number of benzene rings is 2. The van der Waals surface area contributed by atoms with Gasteiger partial charge in [-0.1, -0.05) is 36.4 Å². The molecular formula is C24H24N4O3. The van der Waals surface area contributed by atoms with E-state index in [0.29, 0.717) is 23.9 Å². The molecule has 2 aliphatic rings. The molecule has 31 heavy (non-hydrogen) atoms. The molecule has 158 valence electrons. The van der Waals surface area contributed by atoms with Crippen LogP contribution in [0.1, 0.15) is 35.1 Å². The summed E-state index contributed by atoms with van der Waals surface area (Å²) in [5.74, 6) is 1.73. The molecule has 1 aliphatic carbocycles. The molecule has 7 heteroatoms. The number of carbonyl (C=O) groups is 1. The minimum Gasteiger partial charge on any atom is -0.493 e. The fourth-order valence-electron chi connectivity index (χ4n) is 4.75. The molecule has 3 aromatic rings. The second-order valence-corrected chi connectivity index (χ2v) is 7.95. The molecule has 0 amide bonds. The van der Waals surface area contributed by atoms with E-state index in [4.69, 9.17) is 9.47 Å². The number of carbonyl (C=O) groups excluding carboxylic acids is 1. The molecule has 0 unspecified atom stereocenters. The van der Waals surface area contributed by atoms with E-state index in [9.17, 15) is 4.79 Å². The Hall–Kier alpha value is -3.61. The van der Waals surface area contributed by atoms with Gasteiger partial charge in [0.1, 0.15) is 12.1 Å². The predicted octanol–water partition coefficient (Wildman–Crippen LogP) is 3.88. The van der Waals surface area contributed by atoms with E-state index in [1.165, 1.54) is 17.5 Å². The first-order chi connectivity index (χ1) is 15.1. The average Bonchev–Trinajstić information content (AvgIpc) is 3.25. The van der Waals surface area contributed by atoms with Gasteiger partial charge in [0.05, 0.1) is 26.2 Å². The number of nitrogens with zero attached hydrogens (tertiary/aromatic N) is 3. The molecule has 5 rings (SSSR count).